The van der Waals surface area contributed by atoms with Crippen LogP contribution in [0.3, 0.4) is 0 Å². The summed E-state index contributed by atoms with van der Waals surface area (Å²) in [5, 5.41) is 0. The van der Waals surface area contributed by atoms with Crippen molar-refractivity contribution in [3.05, 3.63) is 12.7 Å². The van der Waals surface area contributed by atoms with Gasteiger partial charge in [-0.1, -0.05) is 6.08 Å². The molecular weight excluding hydrogens is 135 g/mol. The predicted molar refractivity (Wildman–Crippen MR) is 37.6 cm³/mol. The molecule has 2 nitrogen and oxygen atoms in total. The topological polar surface area (TPSA) is 26.3 Å². The van der Waals surface area contributed by atoms with E-state index in [1.54, 1.807) is 6.08 Å². The Morgan fingerprint density at radius 2 is 2.56 bits per heavy atom. The summed E-state index contributed by atoms with van der Waals surface area (Å²) >= 11 is 0. The summed E-state index contributed by atoms with van der Waals surface area (Å²) in [6.07, 6.45) is 2.71. The zero-order valence-corrected chi connectivity index (χ0v) is 6.19. The van der Waals surface area contributed by atoms with Gasteiger partial charge in [-0.15, -0.1) is 6.58 Å². The van der Waals surface area contributed by atoms with Gasteiger partial charge in [-0.2, -0.15) is 0 Å². The van der Waals surface area contributed by atoms with E-state index in [4.69, 9.17) is 0 Å². The summed E-state index contributed by atoms with van der Waals surface area (Å²) in [4.78, 5) is 10.7. The lowest BCUT2D eigenvalue weighted by molar-refractivity contribution is -0.134. The Labute approximate surface area is 56.6 Å². The molecule has 50 valence electrons. The maximum Gasteiger partial charge on any atom is 0.311 e. The molecule has 0 aromatic carbocycles. The van der Waals surface area contributed by atoms with Gasteiger partial charge in [0.25, 0.3) is 0 Å². The van der Waals surface area contributed by atoms with Crippen LogP contribution in [0.15, 0.2) is 12.7 Å². The highest BCUT2D eigenvalue weighted by molar-refractivity contribution is 7.10. The van der Waals surface area contributed by atoms with Gasteiger partial charge in [0.05, 0.1) is 15.4 Å². The summed E-state index contributed by atoms with van der Waals surface area (Å²) in [6.45, 7) is 3.58. The van der Waals surface area contributed by atoms with Crippen LogP contribution in [0.25, 0.3) is 0 Å². The van der Waals surface area contributed by atoms with Crippen molar-refractivity contribution in [2.24, 2.45) is 11.8 Å². The van der Waals surface area contributed by atoms with Crippen molar-refractivity contribution < 1.29 is 9.32 Å². The molecule has 0 radical (unpaired) electrons. The minimum absolute atomic E-state index is 0.0972. The van der Waals surface area contributed by atoms with Crippen LogP contribution >= 0.6 is 9.47 Å². The Morgan fingerprint density at radius 1 is 1.89 bits per heavy atom. The first kappa shape index (κ1) is 6.76. The molecule has 9 heavy (non-hydrogen) atoms. The average Bonchev–Trinajstić information content (AvgIpc) is 2.64. The minimum atomic E-state index is -0.134. The van der Waals surface area contributed by atoms with Crippen molar-refractivity contribution in [3.8, 4) is 0 Å². The molecule has 0 bridgehead atoms. The van der Waals surface area contributed by atoms with E-state index in [0.717, 1.165) is 6.42 Å². The summed E-state index contributed by atoms with van der Waals surface area (Å²) in [7, 11) is 1.96. The van der Waals surface area contributed by atoms with Crippen LogP contribution in [-0.2, 0) is 9.32 Å². The van der Waals surface area contributed by atoms with E-state index in [1.807, 2.05) is 9.47 Å². The molecule has 1 saturated carbocycles. The van der Waals surface area contributed by atoms with Crippen molar-refractivity contribution in [1.82, 2.24) is 0 Å². The highest BCUT2D eigenvalue weighted by atomic mass is 31.0. The van der Waals surface area contributed by atoms with E-state index in [2.05, 4.69) is 11.1 Å². The van der Waals surface area contributed by atoms with Crippen LogP contribution in [0.4, 0.5) is 0 Å². The molecule has 1 fully saturated rings. The molecular formula is C6H9O2P. The van der Waals surface area contributed by atoms with E-state index in [0.29, 0.717) is 5.92 Å². The van der Waals surface area contributed by atoms with Gasteiger partial charge in [0.2, 0.25) is 0 Å². The monoisotopic (exact) mass is 144 g/mol. The average molecular weight is 144 g/mol. The van der Waals surface area contributed by atoms with Crippen molar-refractivity contribution >= 4 is 15.4 Å². The number of hydrogen-bond donors (Lipinski definition) is 0. The highest BCUT2D eigenvalue weighted by Crippen LogP contribution is 2.40. The third-order valence-corrected chi connectivity index (χ3v) is 1.79. The Hall–Kier alpha value is -0.360. The largest absolute Gasteiger partial charge is 0.451 e. The van der Waals surface area contributed by atoms with Crippen LogP contribution < -0.4 is 0 Å². The van der Waals surface area contributed by atoms with E-state index in [9.17, 15) is 4.79 Å². The van der Waals surface area contributed by atoms with Crippen LogP contribution in [0.2, 0.25) is 0 Å². The van der Waals surface area contributed by atoms with Gasteiger partial charge in [-0.3, -0.25) is 4.79 Å². The predicted octanol–water partition coefficient (Wildman–Crippen LogP) is 1.14. The first-order chi connectivity index (χ1) is 4.29. The van der Waals surface area contributed by atoms with Gasteiger partial charge in [0, 0.05) is 0 Å². The second kappa shape index (κ2) is 2.49. The second-order valence-corrected chi connectivity index (χ2v) is 2.41. The van der Waals surface area contributed by atoms with Crippen LogP contribution in [0, 0.1) is 11.8 Å². The first-order valence-corrected chi connectivity index (χ1v) is 3.30. The third-order valence-electron chi connectivity index (χ3n) is 1.56. The molecule has 0 aromatic rings. The van der Waals surface area contributed by atoms with Crippen molar-refractivity contribution in [2.75, 3.05) is 0 Å². The molecule has 1 aliphatic rings. The van der Waals surface area contributed by atoms with Crippen molar-refractivity contribution in [2.45, 2.75) is 6.42 Å². The highest BCUT2D eigenvalue weighted by Gasteiger charge is 2.41. The minimum Gasteiger partial charge on any atom is -0.451 e. The van der Waals surface area contributed by atoms with E-state index < -0.39 is 0 Å². The van der Waals surface area contributed by atoms with Gasteiger partial charge in [-0.05, 0) is 12.3 Å². The Bertz CT molecular complexity index is 144. The maximum atomic E-state index is 10.7. The maximum absolute atomic E-state index is 10.7. The number of allylic oxidation sites excluding steroid dienone is 1. The Kier molecular flexibility index (Phi) is 1.87. The molecule has 0 spiro atoms. The fraction of sp³-hybridized carbons (Fsp3) is 0.500. The molecule has 0 saturated heterocycles. The summed E-state index contributed by atoms with van der Waals surface area (Å²) in [6, 6.07) is 0. The smallest absolute Gasteiger partial charge is 0.311 e. The van der Waals surface area contributed by atoms with Crippen LogP contribution in [-0.4, -0.2) is 5.97 Å². The quantitative estimate of drug-likeness (QED) is 0.429. The number of carbonyl (C=O) groups is 1. The van der Waals surface area contributed by atoms with Crippen molar-refractivity contribution in [1.29, 1.82) is 0 Å². The Morgan fingerprint density at radius 3 is 2.89 bits per heavy atom. The zero-order chi connectivity index (χ0) is 6.85. The fourth-order valence-electron chi connectivity index (χ4n) is 0.834. The molecule has 0 aliphatic heterocycles. The van der Waals surface area contributed by atoms with Gasteiger partial charge >= 0.3 is 5.97 Å². The standard InChI is InChI=1S/C6H9O2P/c1-2-4-3-5(4)6(7)8-9/h2,4-5H,1,3,9H2. The molecule has 1 rings (SSSR count). The number of rotatable bonds is 2. The van der Waals surface area contributed by atoms with E-state index in [1.165, 1.54) is 0 Å². The van der Waals surface area contributed by atoms with Crippen molar-refractivity contribution in [3.63, 3.8) is 0 Å². The summed E-state index contributed by atoms with van der Waals surface area (Å²) < 4.78 is 4.44. The first-order valence-electron chi connectivity index (χ1n) is 2.82. The lowest BCUT2D eigenvalue weighted by atomic mass is 10.3. The van der Waals surface area contributed by atoms with E-state index >= 15 is 0 Å². The second-order valence-electron chi connectivity index (χ2n) is 2.18. The molecule has 3 heteroatoms. The van der Waals surface area contributed by atoms with Gasteiger partial charge < -0.3 is 4.52 Å². The molecule has 3 unspecified atom stereocenters. The molecule has 1 aliphatic carbocycles. The summed E-state index contributed by atoms with van der Waals surface area (Å²) in [5.74, 6) is 0.336. The lowest BCUT2D eigenvalue weighted by Crippen LogP contribution is -1.99. The molecule has 0 amide bonds. The number of hydrogen-bond acceptors (Lipinski definition) is 2. The Balaban J connectivity index is 2.33. The van der Waals surface area contributed by atoms with Gasteiger partial charge in [0.1, 0.15) is 0 Å². The molecule has 3 atom stereocenters. The lowest BCUT2D eigenvalue weighted by Gasteiger charge is -1.91. The third kappa shape index (κ3) is 1.31. The van der Waals surface area contributed by atoms with Crippen LogP contribution in [0.1, 0.15) is 6.42 Å². The fourth-order valence-corrected chi connectivity index (χ4v) is 1.01. The van der Waals surface area contributed by atoms with Crippen LogP contribution in [0.5, 0.6) is 0 Å². The number of carbonyl (C=O) groups excluding carboxylic acids is 1. The summed E-state index contributed by atoms with van der Waals surface area (Å²) in [5.41, 5.74) is 0. The normalized spacial score (nSPS) is 31.2. The van der Waals surface area contributed by atoms with Gasteiger partial charge in [-0.25, -0.2) is 0 Å². The molecule has 0 N–H and O–H groups in total. The van der Waals surface area contributed by atoms with Gasteiger partial charge in [0.15, 0.2) is 0 Å². The van der Waals surface area contributed by atoms with E-state index in [-0.39, 0.29) is 11.9 Å². The molecule has 0 aromatic heterocycles. The molecule has 0 heterocycles. The zero-order valence-electron chi connectivity index (χ0n) is 5.04. The SMILES string of the molecule is C=CC1CC1C(=O)OP.